The molecule has 3 unspecified atom stereocenters. The Kier molecular flexibility index (Phi) is 6.93. The summed E-state index contributed by atoms with van der Waals surface area (Å²) in [5, 5.41) is 22.3. The summed E-state index contributed by atoms with van der Waals surface area (Å²) in [7, 11) is 1.66. The Balaban J connectivity index is 1.50. The van der Waals surface area contributed by atoms with Crippen LogP contribution in [-0.4, -0.2) is 71.1 Å². The third kappa shape index (κ3) is 3.87. The Morgan fingerprint density at radius 2 is 1.50 bits per heavy atom. The number of likely N-dealkylation sites (tertiary alicyclic amines) is 1. The van der Waals surface area contributed by atoms with E-state index in [0.717, 1.165) is 24.2 Å². The maximum Gasteiger partial charge on any atom is 0.136 e. The molecule has 3 aliphatic heterocycles. The van der Waals surface area contributed by atoms with Gasteiger partial charge in [0.2, 0.25) is 0 Å². The highest BCUT2D eigenvalue weighted by Gasteiger charge is 2.69. The zero-order chi connectivity index (χ0) is 26.3. The predicted molar refractivity (Wildman–Crippen MR) is 151 cm³/mol. The first-order valence-electron chi connectivity index (χ1n) is 14.4. The van der Waals surface area contributed by atoms with Gasteiger partial charge in [0.1, 0.15) is 27.4 Å². The molecule has 3 heterocycles. The standard InChI is InChI=1S/C30H38N6OS/c1-37-25-15-9-8-14-24(25)26-29(16-31)18-34(22-10-4-2-5-11-22)19-30(26,17-32)28(38)36-21-35(20-33-27(29)36)23-12-6-3-7-13-23/h8-9,14-15,22-23,26H,2-7,10-13,18-21H2,1H3. The van der Waals surface area contributed by atoms with E-state index >= 15 is 0 Å². The van der Waals surface area contributed by atoms with Crippen LogP contribution in [0.15, 0.2) is 29.3 Å². The summed E-state index contributed by atoms with van der Waals surface area (Å²) >= 11 is 6.30. The molecular formula is C30H38N6OS. The van der Waals surface area contributed by atoms with Gasteiger partial charge < -0.3 is 9.64 Å². The zero-order valence-corrected chi connectivity index (χ0v) is 23.3. The number of benzene rings is 1. The van der Waals surface area contributed by atoms with E-state index in [2.05, 4.69) is 26.8 Å². The number of hydrogen-bond acceptors (Lipinski definition) is 7. The largest absolute Gasteiger partial charge is 0.496 e. The number of piperidine rings is 2. The predicted octanol–water partition coefficient (Wildman–Crippen LogP) is 5.05. The minimum Gasteiger partial charge on any atom is -0.496 e. The maximum absolute atomic E-state index is 11.2. The Morgan fingerprint density at radius 1 is 0.895 bits per heavy atom. The van der Waals surface area contributed by atoms with Crippen LogP contribution < -0.4 is 4.74 Å². The summed E-state index contributed by atoms with van der Waals surface area (Å²) in [5.41, 5.74) is -1.12. The molecule has 8 heteroatoms. The summed E-state index contributed by atoms with van der Waals surface area (Å²) < 4.78 is 5.82. The number of thiocarbonyl (C=S) groups is 1. The van der Waals surface area contributed by atoms with E-state index in [9.17, 15) is 10.5 Å². The summed E-state index contributed by atoms with van der Waals surface area (Å²) in [6.45, 7) is 2.33. The van der Waals surface area contributed by atoms with E-state index in [1.165, 1.54) is 51.4 Å². The number of para-hydroxylation sites is 1. The van der Waals surface area contributed by atoms with E-state index in [1.807, 2.05) is 24.3 Å². The third-order valence-corrected chi connectivity index (χ3v) is 10.5. The van der Waals surface area contributed by atoms with Gasteiger partial charge in [-0.05, 0) is 31.7 Å². The molecule has 6 rings (SSSR count). The molecular weight excluding hydrogens is 492 g/mol. The maximum atomic E-state index is 11.2. The van der Waals surface area contributed by atoms with Crippen molar-refractivity contribution in [2.45, 2.75) is 82.2 Å². The van der Waals surface area contributed by atoms with Gasteiger partial charge in [-0.2, -0.15) is 10.5 Å². The van der Waals surface area contributed by atoms with Crippen LogP contribution in [0.25, 0.3) is 0 Å². The number of ether oxygens (including phenoxy) is 1. The van der Waals surface area contributed by atoms with Crippen molar-refractivity contribution in [1.29, 1.82) is 10.5 Å². The topological polar surface area (TPSA) is 78.9 Å². The second-order valence-electron chi connectivity index (χ2n) is 11.9. The number of amidine groups is 1. The molecule has 2 aliphatic carbocycles. The lowest BCUT2D eigenvalue weighted by molar-refractivity contribution is 0.0152. The van der Waals surface area contributed by atoms with Gasteiger partial charge in [-0.25, -0.2) is 0 Å². The fourth-order valence-electron chi connectivity index (χ4n) is 8.13. The molecule has 5 aliphatic rings. The van der Waals surface area contributed by atoms with Gasteiger partial charge >= 0.3 is 0 Å². The lowest BCUT2D eigenvalue weighted by Crippen LogP contribution is -2.74. The Bertz CT molecular complexity index is 1190. The second kappa shape index (κ2) is 10.2. The first-order valence-corrected chi connectivity index (χ1v) is 14.8. The molecule has 0 aromatic heterocycles. The molecule has 1 aromatic rings. The van der Waals surface area contributed by atoms with Crippen LogP contribution >= 0.6 is 12.2 Å². The summed E-state index contributed by atoms with van der Waals surface area (Å²) in [6.07, 6.45) is 12.0. The minimum atomic E-state index is -1.02. The lowest BCUT2D eigenvalue weighted by Gasteiger charge is -2.62. The van der Waals surface area contributed by atoms with Gasteiger partial charge in [0.15, 0.2) is 0 Å². The molecule has 4 fully saturated rings. The Labute approximate surface area is 232 Å². The molecule has 200 valence electrons. The fourth-order valence-corrected chi connectivity index (χ4v) is 8.50. The molecule has 0 radical (unpaired) electrons. The zero-order valence-electron chi connectivity index (χ0n) is 22.4. The summed E-state index contributed by atoms with van der Waals surface area (Å²) in [4.78, 5) is 12.7. The average molecular weight is 531 g/mol. The molecule has 7 nitrogen and oxygen atoms in total. The molecule has 2 saturated heterocycles. The van der Waals surface area contributed by atoms with Gasteiger partial charge in [-0.3, -0.25) is 14.8 Å². The van der Waals surface area contributed by atoms with Crippen molar-refractivity contribution in [3.63, 3.8) is 0 Å². The van der Waals surface area contributed by atoms with Gasteiger partial charge in [0.25, 0.3) is 0 Å². The number of methoxy groups -OCH3 is 1. The molecule has 1 aromatic carbocycles. The van der Waals surface area contributed by atoms with Crippen LogP contribution in [-0.2, 0) is 0 Å². The van der Waals surface area contributed by atoms with E-state index in [-0.39, 0.29) is 0 Å². The summed E-state index contributed by atoms with van der Waals surface area (Å²) in [5.74, 6) is 1.03. The lowest BCUT2D eigenvalue weighted by atomic mass is 9.53. The second-order valence-corrected chi connectivity index (χ2v) is 12.3. The third-order valence-electron chi connectivity index (χ3n) is 9.93. The van der Waals surface area contributed by atoms with Crippen molar-refractivity contribution in [2.24, 2.45) is 15.8 Å². The number of aliphatic imine (C=N–C) groups is 1. The number of nitrogens with zero attached hydrogens (tertiary/aromatic N) is 6. The van der Waals surface area contributed by atoms with E-state index in [1.54, 1.807) is 7.11 Å². The fraction of sp³-hybridized carbons (Fsp3) is 0.667. The van der Waals surface area contributed by atoms with Crippen LogP contribution in [0.4, 0.5) is 0 Å². The first-order chi connectivity index (χ1) is 18.6. The number of rotatable bonds is 4. The number of hydrogen-bond donors (Lipinski definition) is 0. The molecule has 2 bridgehead atoms. The van der Waals surface area contributed by atoms with Crippen molar-refractivity contribution in [2.75, 3.05) is 33.5 Å². The highest BCUT2D eigenvalue weighted by Crippen LogP contribution is 2.60. The monoisotopic (exact) mass is 530 g/mol. The molecule has 2 saturated carbocycles. The van der Waals surface area contributed by atoms with E-state index < -0.39 is 16.7 Å². The van der Waals surface area contributed by atoms with E-state index in [4.69, 9.17) is 21.9 Å². The highest BCUT2D eigenvalue weighted by molar-refractivity contribution is 7.80. The van der Waals surface area contributed by atoms with Gasteiger partial charge in [0, 0.05) is 36.7 Å². The number of nitriles is 2. The SMILES string of the molecule is COc1ccccc1C1C2(C#N)CN(C3CCCCC3)CC1(C#N)C1=NCN(C3CCCCC3)CN1C2=S. The molecule has 38 heavy (non-hydrogen) atoms. The van der Waals surface area contributed by atoms with Crippen molar-refractivity contribution in [3.05, 3.63) is 29.8 Å². The quantitative estimate of drug-likeness (QED) is 0.504. The molecule has 0 N–H and O–H groups in total. The van der Waals surface area contributed by atoms with Crippen molar-refractivity contribution >= 4 is 23.0 Å². The highest BCUT2D eigenvalue weighted by atomic mass is 32.1. The molecule has 0 amide bonds. The Hall–Kier alpha value is -2.52. The smallest absolute Gasteiger partial charge is 0.136 e. The van der Waals surface area contributed by atoms with Crippen molar-refractivity contribution in [3.8, 4) is 17.9 Å². The molecule has 3 atom stereocenters. The van der Waals surface area contributed by atoms with E-state index in [0.29, 0.717) is 49.2 Å². The average Bonchev–Trinajstić information content (AvgIpc) is 3.00. The van der Waals surface area contributed by atoms with Crippen molar-refractivity contribution < 1.29 is 4.74 Å². The van der Waals surface area contributed by atoms with Crippen LogP contribution in [0, 0.1) is 33.5 Å². The normalized spacial score (nSPS) is 33.1. The van der Waals surface area contributed by atoms with Crippen molar-refractivity contribution in [1.82, 2.24) is 14.7 Å². The number of fused-ring (bicyclic) bond motifs is 4. The first kappa shape index (κ1) is 25.7. The van der Waals surface area contributed by atoms with Crippen LogP contribution in [0.1, 0.15) is 75.7 Å². The van der Waals surface area contributed by atoms with Gasteiger partial charge in [-0.1, -0.05) is 68.9 Å². The summed E-state index contributed by atoms with van der Waals surface area (Å²) in [6, 6.07) is 14.3. The van der Waals surface area contributed by atoms with Gasteiger partial charge in [-0.15, -0.1) is 0 Å². The van der Waals surface area contributed by atoms with Gasteiger partial charge in [0.05, 0.1) is 32.6 Å². The van der Waals surface area contributed by atoms with Crippen LogP contribution in [0.5, 0.6) is 5.75 Å². The Morgan fingerprint density at radius 3 is 2.13 bits per heavy atom. The van der Waals surface area contributed by atoms with Crippen LogP contribution in [0.2, 0.25) is 0 Å². The molecule has 0 spiro atoms. The minimum absolute atomic E-state index is 0.375. The van der Waals surface area contributed by atoms with Crippen LogP contribution in [0.3, 0.4) is 0 Å².